The third-order valence-electron chi connectivity index (χ3n) is 5.12. The first-order chi connectivity index (χ1) is 15.3. The van der Waals surface area contributed by atoms with Crippen molar-refractivity contribution < 1.29 is 23.9 Å². The van der Waals surface area contributed by atoms with E-state index in [0.29, 0.717) is 13.1 Å². The van der Waals surface area contributed by atoms with Crippen LogP contribution in [0.4, 0.5) is 9.59 Å². The molecule has 33 heavy (non-hydrogen) atoms. The highest BCUT2D eigenvalue weighted by Crippen LogP contribution is 2.34. The van der Waals surface area contributed by atoms with Crippen LogP contribution in [0.15, 0.2) is 35.3 Å². The molecule has 1 aromatic carbocycles. The molecule has 0 spiro atoms. The Balaban J connectivity index is 2.08. The maximum atomic E-state index is 13.9. The maximum Gasteiger partial charge on any atom is 0.435 e. The second kappa shape index (κ2) is 9.03. The van der Waals surface area contributed by atoms with Gasteiger partial charge in [-0.15, -0.1) is 0 Å². The summed E-state index contributed by atoms with van der Waals surface area (Å²) >= 11 is 0. The van der Waals surface area contributed by atoms with Crippen LogP contribution in [0.2, 0.25) is 0 Å². The Kier molecular flexibility index (Phi) is 6.72. The van der Waals surface area contributed by atoms with Gasteiger partial charge in [-0.05, 0) is 59.9 Å². The summed E-state index contributed by atoms with van der Waals surface area (Å²) in [6, 6.07) is 9.29. The number of nitrogens with zero attached hydrogens (tertiary/aromatic N) is 4. The number of rotatable bonds is 3. The van der Waals surface area contributed by atoms with Crippen molar-refractivity contribution in [1.82, 2.24) is 14.9 Å². The normalized spacial score (nSPS) is 20.8. The van der Waals surface area contributed by atoms with Gasteiger partial charge in [0, 0.05) is 19.5 Å². The molecule has 1 aromatic rings. The SMILES string of the molecule is CC(C)(C)OC(=O)N1C=NC(Cc2ccccc2)(C(=O)N2CCCC2)N1C(=O)OC(C)(C)C. The van der Waals surface area contributed by atoms with Gasteiger partial charge in [-0.2, -0.15) is 10.0 Å². The van der Waals surface area contributed by atoms with Gasteiger partial charge in [0.15, 0.2) is 0 Å². The number of aliphatic imine (C=N–C) groups is 1. The highest BCUT2D eigenvalue weighted by atomic mass is 16.6. The average Bonchev–Trinajstić information content (AvgIpc) is 3.34. The third kappa shape index (κ3) is 5.64. The van der Waals surface area contributed by atoms with Gasteiger partial charge >= 0.3 is 12.2 Å². The molecule has 2 aliphatic rings. The standard InChI is InChI=1S/C24H34N4O5/c1-22(2,3)32-20(30)27-17-25-24(16-18-12-8-7-9-13-18,19(29)26-14-10-11-15-26)28(27)21(31)33-23(4,5)6/h7-9,12-13,17H,10-11,14-16H2,1-6H3. The summed E-state index contributed by atoms with van der Waals surface area (Å²) in [5, 5.41) is 1.97. The van der Waals surface area contributed by atoms with E-state index < -0.39 is 29.1 Å². The Morgan fingerprint density at radius 2 is 1.45 bits per heavy atom. The largest absolute Gasteiger partial charge is 0.442 e. The third-order valence-corrected chi connectivity index (χ3v) is 5.12. The number of benzene rings is 1. The lowest BCUT2D eigenvalue weighted by atomic mass is 9.98. The summed E-state index contributed by atoms with van der Waals surface area (Å²) in [6.07, 6.45) is 1.35. The van der Waals surface area contributed by atoms with E-state index >= 15 is 0 Å². The zero-order valence-electron chi connectivity index (χ0n) is 20.3. The fourth-order valence-electron chi connectivity index (χ4n) is 3.81. The van der Waals surface area contributed by atoms with Crippen molar-refractivity contribution in [3.8, 4) is 0 Å². The van der Waals surface area contributed by atoms with Crippen LogP contribution in [0.25, 0.3) is 0 Å². The molecule has 1 atom stereocenters. The van der Waals surface area contributed by atoms with Crippen molar-refractivity contribution in [3.05, 3.63) is 35.9 Å². The number of amides is 3. The van der Waals surface area contributed by atoms with Gasteiger partial charge < -0.3 is 14.4 Å². The number of hydrogen-bond donors (Lipinski definition) is 0. The van der Waals surface area contributed by atoms with Crippen molar-refractivity contribution in [2.75, 3.05) is 13.1 Å². The molecule has 1 unspecified atom stereocenters. The molecule has 2 aliphatic heterocycles. The van der Waals surface area contributed by atoms with Gasteiger partial charge in [0.25, 0.3) is 5.91 Å². The van der Waals surface area contributed by atoms with Crippen LogP contribution in [0.5, 0.6) is 0 Å². The minimum atomic E-state index is -1.70. The molecular weight excluding hydrogens is 424 g/mol. The molecule has 0 N–H and O–H groups in total. The molecule has 3 amide bonds. The van der Waals surface area contributed by atoms with Crippen molar-refractivity contribution in [2.24, 2.45) is 4.99 Å². The van der Waals surface area contributed by atoms with Crippen LogP contribution in [-0.2, 0) is 20.7 Å². The molecule has 1 saturated heterocycles. The van der Waals surface area contributed by atoms with Crippen LogP contribution >= 0.6 is 0 Å². The van der Waals surface area contributed by atoms with Gasteiger partial charge in [-0.3, -0.25) is 4.79 Å². The molecule has 0 radical (unpaired) electrons. The first kappa shape index (κ1) is 24.5. The molecule has 0 aliphatic carbocycles. The zero-order valence-corrected chi connectivity index (χ0v) is 20.3. The molecule has 0 saturated carbocycles. The Bertz CT molecular complexity index is 913. The summed E-state index contributed by atoms with van der Waals surface area (Å²) in [5.74, 6) is -0.350. The minimum absolute atomic E-state index is 0.0816. The number of hydrazine groups is 1. The van der Waals surface area contributed by atoms with Gasteiger partial charge in [-0.1, -0.05) is 30.3 Å². The minimum Gasteiger partial charge on any atom is -0.442 e. The lowest BCUT2D eigenvalue weighted by Crippen LogP contribution is -2.64. The quantitative estimate of drug-likeness (QED) is 0.683. The van der Waals surface area contributed by atoms with Crippen molar-refractivity contribution in [1.29, 1.82) is 0 Å². The lowest BCUT2D eigenvalue weighted by Gasteiger charge is -2.40. The molecule has 0 bridgehead atoms. The summed E-state index contributed by atoms with van der Waals surface area (Å²) in [7, 11) is 0. The number of likely N-dealkylation sites (tertiary alicyclic amines) is 1. The van der Waals surface area contributed by atoms with E-state index in [0.717, 1.165) is 28.4 Å². The molecule has 9 nitrogen and oxygen atoms in total. The van der Waals surface area contributed by atoms with Gasteiger partial charge in [0.2, 0.25) is 5.66 Å². The van der Waals surface area contributed by atoms with Crippen LogP contribution in [-0.4, -0.2) is 69.3 Å². The molecular formula is C24H34N4O5. The van der Waals surface area contributed by atoms with E-state index in [9.17, 15) is 14.4 Å². The van der Waals surface area contributed by atoms with Gasteiger partial charge in [-0.25, -0.2) is 14.6 Å². The smallest absolute Gasteiger partial charge is 0.435 e. The predicted octanol–water partition coefficient (Wildman–Crippen LogP) is 3.98. The number of carbonyl (C=O) groups excluding carboxylic acids is 3. The van der Waals surface area contributed by atoms with Crippen LogP contribution < -0.4 is 0 Å². The summed E-state index contributed by atoms with van der Waals surface area (Å²) in [5.41, 5.74) is -2.57. The highest BCUT2D eigenvalue weighted by molar-refractivity contribution is 5.97. The van der Waals surface area contributed by atoms with Gasteiger partial charge in [0.05, 0.1) is 0 Å². The summed E-state index contributed by atoms with van der Waals surface area (Å²) in [4.78, 5) is 46.6. The summed E-state index contributed by atoms with van der Waals surface area (Å²) in [6.45, 7) is 11.5. The Morgan fingerprint density at radius 3 is 2.00 bits per heavy atom. The summed E-state index contributed by atoms with van der Waals surface area (Å²) < 4.78 is 11.1. The van der Waals surface area contributed by atoms with Crippen LogP contribution in [0.1, 0.15) is 59.9 Å². The topological polar surface area (TPSA) is 91.8 Å². The lowest BCUT2D eigenvalue weighted by molar-refractivity contribution is -0.148. The van der Waals surface area contributed by atoms with Crippen LogP contribution in [0.3, 0.4) is 0 Å². The number of carbonyl (C=O) groups is 3. The molecule has 0 aromatic heterocycles. The van der Waals surface area contributed by atoms with E-state index in [4.69, 9.17) is 9.47 Å². The molecule has 3 rings (SSSR count). The Morgan fingerprint density at radius 1 is 0.909 bits per heavy atom. The number of ether oxygens (including phenoxy) is 2. The fourth-order valence-corrected chi connectivity index (χ4v) is 3.81. The second-order valence-corrected chi connectivity index (χ2v) is 10.3. The van der Waals surface area contributed by atoms with E-state index in [-0.39, 0.29) is 12.3 Å². The number of hydrogen-bond acceptors (Lipinski definition) is 6. The van der Waals surface area contributed by atoms with E-state index in [1.807, 2.05) is 30.3 Å². The predicted molar refractivity (Wildman–Crippen MR) is 123 cm³/mol. The Labute approximate surface area is 195 Å². The maximum absolute atomic E-state index is 13.9. The fraction of sp³-hybridized carbons (Fsp3) is 0.583. The van der Waals surface area contributed by atoms with Gasteiger partial charge in [0.1, 0.15) is 17.5 Å². The molecule has 2 heterocycles. The molecule has 180 valence electrons. The second-order valence-electron chi connectivity index (χ2n) is 10.3. The molecule has 9 heteroatoms. The van der Waals surface area contributed by atoms with Crippen LogP contribution in [0, 0.1) is 0 Å². The van der Waals surface area contributed by atoms with Crippen molar-refractivity contribution >= 4 is 24.4 Å². The highest BCUT2D eigenvalue weighted by Gasteiger charge is 2.57. The van der Waals surface area contributed by atoms with E-state index in [2.05, 4.69) is 4.99 Å². The first-order valence-electron chi connectivity index (χ1n) is 11.3. The van der Waals surface area contributed by atoms with Crippen molar-refractivity contribution in [2.45, 2.75) is 77.7 Å². The van der Waals surface area contributed by atoms with E-state index in [1.165, 1.54) is 6.34 Å². The molecule has 1 fully saturated rings. The zero-order chi connectivity index (χ0) is 24.4. The van der Waals surface area contributed by atoms with E-state index in [1.54, 1.807) is 46.4 Å². The Hall–Kier alpha value is -3.10. The average molecular weight is 459 g/mol. The monoisotopic (exact) mass is 458 g/mol. The first-order valence-corrected chi connectivity index (χ1v) is 11.3. The van der Waals surface area contributed by atoms with Crippen molar-refractivity contribution in [3.63, 3.8) is 0 Å².